The smallest absolute Gasteiger partial charge is 0.119 e. The molecule has 1 fully saturated rings. The van der Waals surface area contributed by atoms with Gasteiger partial charge in [-0.1, -0.05) is 23.7 Å². The van der Waals surface area contributed by atoms with E-state index in [1.165, 1.54) is 0 Å². The molecule has 0 bridgehead atoms. The lowest BCUT2D eigenvalue weighted by molar-refractivity contribution is -0.0478. The van der Waals surface area contributed by atoms with Crippen LogP contribution >= 0.6 is 11.6 Å². The Balaban J connectivity index is 1.55. The summed E-state index contributed by atoms with van der Waals surface area (Å²) in [4.78, 5) is 2.40. The van der Waals surface area contributed by atoms with Crippen LogP contribution in [0, 0.1) is 0 Å². The lowest BCUT2D eigenvalue weighted by Crippen LogP contribution is -2.45. The van der Waals surface area contributed by atoms with E-state index in [-0.39, 0.29) is 6.10 Å². The molecule has 1 heterocycles. The van der Waals surface area contributed by atoms with Gasteiger partial charge in [0.1, 0.15) is 12.4 Å². The molecule has 0 radical (unpaired) electrons. The number of morpholine rings is 1. The molecule has 1 aliphatic heterocycles. The van der Waals surface area contributed by atoms with Crippen LogP contribution in [0.2, 0.25) is 5.02 Å². The van der Waals surface area contributed by atoms with Gasteiger partial charge in [0.2, 0.25) is 0 Å². The molecule has 4 nitrogen and oxygen atoms in total. The van der Waals surface area contributed by atoms with E-state index in [0.717, 1.165) is 41.7 Å². The summed E-state index contributed by atoms with van der Waals surface area (Å²) in [5, 5.41) is 0.747. The monoisotopic (exact) mass is 346 g/mol. The zero-order valence-corrected chi connectivity index (χ0v) is 14.6. The molecule has 24 heavy (non-hydrogen) atoms. The van der Waals surface area contributed by atoms with Crippen LogP contribution in [-0.4, -0.2) is 37.2 Å². The zero-order chi connectivity index (χ0) is 16.9. The van der Waals surface area contributed by atoms with E-state index in [1.807, 2.05) is 48.5 Å². The summed E-state index contributed by atoms with van der Waals surface area (Å²) in [7, 11) is 0. The van der Waals surface area contributed by atoms with E-state index >= 15 is 0 Å². The molecular formula is C19H23ClN2O2. The van der Waals surface area contributed by atoms with Gasteiger partial charge in [-0.15, -0.1) is 0 Å². The van der Waals surface area contributed by atoms with Crippen molar-refractivity contribution in [2.24, 2.45) is 0 Å². The summed E-state index contributed by atoms with van der Waals surface area (Å²) >= 11 is 5.96. The molecule has 1 aliphatic rings. The number of hydrogen-bond donors (Lipinski definition) is 1. The fourth-order valence-corrected chi connectivity index (χ4v) is 2.96. The Morgan fingerprint density at radius 1 is 1.21 bits per heavy atom. The summed E-state index contributed by atoms with van der Waals surface area (Å²) in [6.45, 7) is 5.31. The number of nitrogens with zero attached hydrogens (tertiary/aromatic N) is 1. The van der Waals surface area contributed by atoms with Crippen molar-refractivity contribution in [3.8, 4) is 5.75 Å². The second kappa shape index (κ2) is 7.88. The van der Waals surface area contributed by atoms with Crippen LogP contribution in [0.3, 0.4) is 0 Å². The third kappa shape index (κ3) is 4.41. The minimum atomic E-state index is 0.0787. The van der Waals surface area contributed by atoms with E-state index in [4.69, 9.17) is 26.8 Å². The molecule has 1 saturated heterocycles. The maximum atomic E-state index is 5.96. The van der Waals surface area contributed by atoms with Crippen molar-refractivity contribution in [2.75, 3.05) is 32.0 Å². The van der Waals surface area contributed by atoms with Crippen molar-refractivity contribution in [1.82, 2.24) is 4.90 Å². The Bertz CT molecular complexity index is 645. The molecule has 0 aromatic heterocycles. The second-order valence-electron chi connectivity index (χ2n) is 6.13. The highest BCUT2D eigenvalue weighted by molar-refractivity contribution is 6.30. The number of nitrogen functional groups attached to an aromatic ring is 1. The highest BCUT2D eigenvalue weighted by Crippen LogP contribution is 2.25. The number of halogens is 1. The number of nitrogens with two attached hydrogens (primary N) is 1. The highest BCUT2D eigenvalue weighted by atomic mass is 35.5. The molecule has 0 aliphatic carbocycles. The lowest BCUT2D eigenvalue weighted by atomic mass is 10.1. The van der Waals surface area contributed by atoms with Crippen molar-refractivity contribution < 1.29 is 9.47 Å². The molecule has 5 heteroatoms. The first-order valence-corrected chi connectivity index (χ1v) is 8.59. The summed E-state index contributed by atoms with van der Waals surface area (Å²) in [6, 6.07) is 15.7. The first-order chi connectivity index (χ1) is 11.6. The molecular weight excluding hydrogens is 324 g/mol. The molecule has 2 aromatic rings. The molecule has 2 aromatic carbocycles. The van der Waals surface area contributed by atoms with Gasteiger partial charge in [-0.2, -0.15) is 0 Å². The minimum Gasteiger partial charge on any atom is -0.492 e. The molecule has 2 N–H and O–H groups in total. The van der Waals surface area contributed by atoms with Crippen LogP contribution in [0.5, 0.6) is 5.75 Å². The Morgan fingerprint density at radius 3 is 2.62 bits per heavy atom. The fraction of sp³-hybridized carbons (Fsp3) is 0.368. The molecule has 0 saturated carbocycles. The maximum absolute atomic E-state index is 5.96. The first kappa shape index (κ1) is 17.1. The number of anilines is 1. The SMILES string of the molecule is CC(COc1ccc(N)cc1)N1CCOC(c2ccc(Cl)cc2)C1. The van der Waals surface area contributed by atoms with Crippen molar-refractivity contribution in [3.05, 3.63) is 59.1 Å². The van der Waals surface area contributed by atoms with Crippen molar-refractivity contribution >= 4 is 17.3 Å². The fourth-order valence-electron chi connectivity index (χ4n) is 2.83. The normalized spacial score (nSPS) is 19.8. The van der Waals surface area contributed by atoms with E-state index < -0.39 is 0 Å². The van der Waals surface area contributed by atoms with Gasteiger partial charge in [-0.05, 0) is 48.9 Å². The third-order valence-electron chi connectivity index (χ3n) is 4.33. The van der Waals surface area contributed by atoms with Crippen LogP contribution < -0.4 is 10.5 Å². The maximum Gasteiger partial charge on any atom is 0.119 e. The van der Waals surface area contributed by atoms with Crippen LogP contribution in [0.4, 0.5) is 5.69 Å². The van der Waals surface area contributed by atoms with Gasteiger partial charge in [0.05, 0.1) is 12.7 Å². The number of rotatable bonds is 5. The van der Waals surface area contributed by atoms with Gasteiger partial charge in [-0.3, -0.25) is 4.90 Å². The predicted molar refractivity (Wildman–Crippen MR) is 97.5 cm³/mol. The Kier molecular flexibility index (Phi) is 5.61. The quantitative estimate of drug-likeness (QED) is 0.837. The van der Waals surface area contributed by atoms with Crippen LogP contribution in [0.1, 0.15) is 18.6 Å². The van der Waals surface area contributed by atoms with Gasteiger partial charge >= 0.3 is 0 Å². The molecule has 2 unspecified atom stereocenters. The molecule has 3 rings (SSSR count). The van der Waals surface area contributed by atoms with Crippen LogP contribution in [0.15, 0.2) is 48.5 Å². The van der Waals surface area contributed by atoms with E-state index in [1.54, 1.807) is 0 Å². The second-order valence-corrected chi connectivity index (χ2v) is 6.57. The van der Waals surface area contributed by atoms with Crippen LogP contribution in [0.25, 0.3) is 0 Å². The van der Waals surface area contributed by atoms with Gasteiger partial charge in [-0.25, -0.2) is 0 Å². The van der Waals surface area contributed by atoms with Crippen molar-refractivity contribution in [2.45, 2.75) is 19.1 Å². The van der Waals surface area contributed by atoms with E-state index in [9.17, 15) is 0 Å². The number of benzene rings is 2. The first-order valence-electron chi connectivity index (χ1n) is 8.21. The van der Waals surface area contributed by atoms with Crippen molar-refractivity contribution in [3.63, 3.8) is 0 Å². The Hall–Kier alpha value is -1.75. The summed E-state index contributed by atoms with van der Waals surface area (Å²) in [5.74, 6) is 0.846. The predicted octanol–water partition coefficient (Wildman–Crippen LogP) is 3.76. The summed E-state index contributed by atoms with van der Waals surface area (Å²) in [6.07, 6.45) is 0.0787. The van der Waals surface area contributed by atoms with E-state index in [2.05, 4.69) is 11.8 Å². The van der Waals surface area contributed by atoms with Gasteiger partial charge < -0.3 is 15.2 Å². The average Bonchev–Trinajstić information content (AvgIpc) is 2.62. The van der Waals surface area contributed by atoms with E-state index in [0.29, 0.717) is 12.6 Å². The van der Waals surface area contributed by atoms with Gasteiger partial charge in [0.15, 0.2) is 0 Å². The molecule has 128 valence electrons. The number of ether oxygens (including phenoxy) is 2. The molecule has 2 atom stereocenters. The Morgan fingerprint density at radius 2 is 1.92 bits per heavy atom. The minimum absolute atomic E-state index is 0.0787. The zero-order valence-electron chi connectivity index (χ0n) is 13.8. The highest BCUT2D eigenvalue weighted by Gasteiger charge is 2.25. The number of hydrogen-bond acceptors (Lipinski definition) is 4. The Labute approximate surface area is 148 Å². The topological polar surface area (TPSA) is 47.7 Å². The standard InChI is InChI=1S/C19H23ClN2O2/c1-14(13-24-18-8-6-17(21)7-9-18)22-10-11-23-19(12-22)15-2-4-16(20)5-3-15/h2-9,14,19H,10-13,21H2,1H3. The summed E-state index contributed by atoms with van der Waals surface area (Å²) < 4.78 is 11.8. The average molecular weight is 347 g/mol. The molecule has 0 amide bonds. The lowest BCUT2D eigenvalue weighted by Gasteiger charge is -2.36. The van der Waals surface area contributed by atoms with Gasteiger partial charge in [0.25, 0.3) is 0 Å². The van der Waals surface area contributed by atoms with Crippen LogP contribution in [-0.2, 0) is 4.74 Å². The molecule has 0 spiro atoms. The third-order valence-corrected chi connectivity index (χ3v) is 4.59. The van der Waals surface area contributed by atoms with Gasteiger partial charge in [0, 0.05) is 29.8 Å². The largest absolute Gasteiger partial charge is 0.492 e. The van der Waals surface area contributed by atoms with Crippen molar-refractivity contribution in [1.29, 1.82) is 0 Å². The summed E-state index contributed by atoms with van der Waals surface area (Å²) in [5.41, 5.74) is 7.60.